The van der Waals surface area contributed by atoms with Gasteiger partial charge in [-0.05, 0) is 44.4 Å². The normalized spacial score (nSPS) is 23.8. The third-order valence-corrected chi connectivity index (χ3v) is 4.91. The molecule has 0 fully saturated rings. The quantitative estimate of drug-likeness (QED) is 0.566. The summed E-state index contributed by atoms with van der Waals surface area (Å²) in [5, 5.41) is 0. The van der Waals surface area contributed by atoms with Crippen molar-refractivity contribution in [3.05, 3.63) is 28.3 Å². The molecule has 1 heterocycles. The molecular formula is C13H17IO. The highest BCUT2D eigenvalue weighted by Gasteiger charge is 2.35. The van der Waals surface area contributed by atoms with Gasteiger partial charge in [-0.25, -0.2) is 0 Å². The molecule has 2 heteroatoms. The maximum Gasteiger partial charge on any atom is 0.126 e. The summed E-state index contributed by atoms with van der Waals surface area (Å²) in [7, 11) is 0. The summed E-state index contributed by atoms with van der Waals surface area (Å²) in [5.74, 6) is 1.15. The lowest BCUT2D eigenvalue weighted by Gasteiger charge is -2.21. The van der Waals surface area contributed by atoms with E-state index in [4.69, 9.17) is 4.74 Å². The van der Waals surface area contributed by atoms with Gasteiger partial charge in [-0.2, -0.15) is 0 Å². The van der Waals surface area contributed by atoms with Crippen LogP contribution in [-0.2, 0) is 6.42 Å². The van der Waals surface area contributed by atoms with Crippen molar-refractivity contribution in [3.63, 3.8) is 0 Å². The van der Waals surface area contributed by atoms with Crippen molar-refractivity contribution in [3.8, 4) is 5.75 Å². The van der Waals surface area contributed by atoms with Crippen molar-refractivity contribution in [1.29, 1.82) is 0 Å². The third kappa shape index (κ3) is 1.77. The Morgan fingerprint density at radius 2 is 2.00 bits per heavy atom. The fourth-order valence-corrected chi connectivity index (χ4v) is 2.62. The molecule has 1 atom stereocenters. The zero-order valence-corrected chi connectivity index (χ0v) is 11.9. The van der Waals surface area contributed by atoms with E-state index in [0.29, 0.717) is 0 Å². The van der Waals surface area contributed by atoms with Gasteiger partial charge in [-0.3, -0.25) is 0 Å². The summed E-state index contributed by atoms with van der Waals surface area (Å²) in [5.41, 5.74) is 5.44. The van der Waals surface area contributed by atoms with Gasteiger partial charge >= 0.3 is 0 Å². The second-order valence-electron chi connectivity index (χ2n) is 4.81. The number of ether oxygens (including phenoxy) is 1. The molecule has 0 radical (unpaired) electrons. The van der Waals surface area contributed by atoms with Crippen LogP contribution in [0.15, 0.2) is 6.07 Å². The standard InChI is InChI=1S/C13H17IO/c1-8-5-9(2)11-6-13(4,7-14)15-12(11)10(8)3/h5H,6-7H2,1-4H3/t13-/m1/s1. The van der Waals surface area contributed by atoms with Gasteiger partial charge in [0.1, 0.15) is 11.4 Å². The van der Waals surface area contributed by atoms with Gasteiger partial charge in [0.25, 0.3) is 0 Å². The Morgan fingerprint density at radius 1 is 1.33 bits per heavy atom. The largest absolute Gasteiger partial charge is 0.486 e. The summed E-state index contributed by atoms with van der Waals surface area (Å²) in [6, 6.07) is 2.27. The van der Waals surface area contributed by atoms with E-state index in [1.54, 1.807) is 0 Å². The minimum atomic E-state index is 0.00616. The topological polar surface area (TPSA) is 9.23 Å². The van der Waals surface area contributed by atoms with Crippen LogP contribution in [0, 0.1) is 20.8 Å². The molecule has 82 valence electrons. The van der Waals surface area contributed by atoms with Crippen LogP contribution in [0.25, 0.3) is 0 Å². The van der Waals surface area contributed by atoms with Crippen molar-refractivity contribution in [1.82, 2.24) is 0 Å². The molecule has 1 nitrogen and oxygen atoms in total. The zero-order valence-electron chi connectivity index (χ0n) is 9.78. The van der Waals surface area contributed by atoms with Crippen LogP contribution < -0.4 is 4.74 Å². The SMILES string of the molecule is Cc1cc(C)c2c(c1C)O[C@@](C)(CI)C2. The van der Waals surface area contributed by atoms with E-state index in [0.717, 1.165) is 16.6 Å². The molecule has 1 aliphatic rings. The first-order valence-corrected chi connectivity index (χ1v) is 6.84. The molecule has 1 aliphatic heterocycles. The number of hydrogen-bond donors (Lipinski definition) is 0. The van der Waals surface area contributed by atoms with Gasteiger partial charge in [0.15, 0.2) is 0 Å². The summed E-state index contributed by atoms with van der Waals surface area (Å²) < 4.78 is 7.17. The second-order valence-corrected chi connectivity index (χ2v) is 5.57. The zero-order chi connectivity index (χ0) is 11.2. The Balaban J connectivity index is 2.54. The number of rotatable bonds is 1. The Labute approximate surface area is 105 Å². The first kappa shape index (κ1) is 11.2. The Bertz CT molecular complexity index is 411. The van der Waals surface area contributed by atoms with Crippen molar-refractivity contribution >= 4 is 22.6 Å². The molecule has 0 unspecified atom stereocenters. The molecule has 0 bridgehead atoms. The Kier molecular flexibility index (Phi) is 2.73. The summed E-state index contributed by atoms with van der Waals surface area (Å²) >= 11 is 2.41. The van der Waals surface area contributed by atoms with Gasteiger partial charge in [-0.1, -0.05) is 28.7 Å². The number of aryl methyl sites for hydroxylation is 2. The molecule has 15 heavy (non-hydrogen) atoms. The van der Waals surface area contributed by atoms with Gasteiger partial charge in [0.2, 0.25) is 0 Å². The van der Waals surface area contributed by atoms with Crippen LogP contribution in [0.4, 0.5) is 0 Å². The van der Waals surface area contributed by atoms with Crippen molar-refractivity contribution in [2.75, 3.05) is 4.43 Å². The minimum absolute atomic E-state index is 0.00616. The number of halogens is 1. The van der Waals surface area contributed by atoms with Crippen molar-refractivity contribution in [2.45, 2.75) is 39.7 Å². The molecule has 0 amide bonds. The van der Waals surface area contributed by atoms with Crippen molar-refractivity contribution < 1.29 is 4.74 Å². The Morgan fingerprint density at radius 3 is 2.60 bits per heavy atom. The van der Waals surface area contributed by atoms with E-state index in [1.165, 1.54) is 22.3 Å². The predicted octanol–water partition coefficient (Wildman–Crippen LogP) is 3.74. The van der Waals surface area contributed by atoms with Crippen LogP contribution in [0.1, 0.15) is 29.2 Å². The maximum absolute atomic E-state index is 6.13. The van der Waals surface area contributed by atoms with Gasteiger partial charge in [0, 0.05) is 16.4 Å². The van der Waals surface area contributed by atoms with Gasteiger partial charge < -0.3 is 4.74 Å². The first-order chi connectivity index (χ1) is 6.97. The lowest BCUT2D eigenvalue weighted by atomic mass is 9.94. The van der Waals surface area contributed by atoms with Crippen LogP contribution >= 0.6 is 22.6 Å². The van der Waals surface area contributed by atoms with E-state index < -0.39 is 0 Å². The summed E-state index contributed by atoms with van der Waals surface area (Å²) in [6.45, 7) is 8.71. The highest BCUT2D eigenvalue weighted by atomic mass is 127. The highest BCUT2D eigenvalue weighted by molar-refractivity contribution is 14.1. The van der Waals surface area contributed by atoms with E-state index >= 15 is 0 Å². The molecule has 0 spiro atoms. The number of alkyl halides is 1. The molecular weight excluding hydrogens is 299 g/mol. The van der Waals surface area contributed by atoms with Crippen LogP contribution in [0.2, 0.25) is 0 Å². The Hall–Kier alpha value is -0.250. The molecule has 0 aromatic heterocycles. The first-order valence-electron chi connectivity index (χ1n) is 5.31. The highest BCUT2D eigenvalue weighted by Crippen LogP contribution is 2.41. The second kappa shape index (κ2) is 3.65. The number of hydrogen-bond acceptors (Lipinski definition) is 1. The van der Waals surface area contributed by atoms with Crippen LogP contribution in [0.3, 0.4) is 0 Å². The van der Waals surface area contributed by atoms with Gasteiger partial charge in [-0.15, -0.1) is 0 Å². The molecule has 0 aliphatic carbocycles. The lowest BCUT2D eigenvalue weighted by Crippen LogP contribution is -2.31. The maximum atomic E-state index is 6.13. The number of benzene rings is 1. The average Bonchev–Trinajstić information content (AvgIpc) is 2.55. The fraction of sp³-hybridized carbons (Fsp3) is 0.538. The lowest BCUT2D eigenvalue weighted by molar-refractivity contribution is 0.146. The summed E-state index contributed by atoms with van der Waals surface area (Å²) in [4.78, 5) is 0. The molecule has 0 saturated heterocycles. The molecule has 2 rings (SSSR count). The third-order valence-electron chi connectivity index (χ3n) is 3.30. The number of fused-ring (bicyclic) bond motifs is 1. The van der Waals surface area contributed by atoms with E-state index in [9.17, 15) is 0 Å². The monoisotopic (exact) mass is 316 g/mol. The minimum Gasteiger partial charge on any atom is -0.486 e. The van der Waals surface area contributed by atoms with Crippen LogP contribution in [-0.4, -0.2) is 10.0 Å². The molecule has 1 aromatic carbocycles. The van der Waals surface area contributed by atoms with E-state index in [1.807, 2.05) is 0 Å². The average molecular weight is 316 g/mol. The molecule has 0 N–H and O–H groups in total. The summed E-state index contributed by atoms with van der Waals surface area (Å²) in [6.07, 6.45) is 1.05. The van der Waals surface area contributed by atoms with E-state index in [-0.39, 0.29) is 5.60 Å². The van der Waals surface area contributed by atoms with E-state index in [2.05, 4.69) is 56.4 Å². The van der Waals surface area contributed by atoms with Gasteiger partial charge in [0.05, 0.1) is 0 Å². The molecule has 1 aromatic rings. The van der Waals surface area contributed by atoms with Crippen LogP contribution in [0.5, 0.6) is 5.75 Å². The smallest absolute Gasteiger partial charge is 0.126 e. The fourth-order valence-electron chi connectivity index (χ4n) is 2.19. The van der Waals surface area contributed by atoms with Crippen molar-refractivity contribution in [2.24, 2.45) is 0 Å². The predicted molar refractivity (Wildman–Crippen MR) is 72.3 cm³/mol. The molecule has 0 saturated carbocycles.